The molecule has 1 N–H and O–H groups in total. The van der Waals surface area contributed by atoms with Crippen LogP contribution in [0.4, 0.5) is 0 Å². The van der Waals surface area contributed by atoms with E-state index in [0.29, 0.717) is 11.7 Å². The Bertz CT molecular complexity index is 259. The van der Waals surface area contributed by atoms with Crippen LogP contribution in [0.2, 0.25) is 0 Å². The number of aryl methyl sites for hydroxylation is 1. The predicted octanol–water partition coefficient (Wildman–Crippen LogP) is 2.06. The number of phenols is 1. The second-order valence-corrected chi connectivity index (χ2v) is 3.22. The van der Waals surface area contributed by atoms with Gasteiger partial charge in [-0.3, -0.25) is 0 Å². The molecule has 0 fully saturated rings. The van der Waals surface area contributed by atoms with E-state index in [0.717, 1.165) is 11.1 Å². The number of rotatable bonds is 1. The van der Waals surface area contributed by atoms with Crippen molar-refractivity contribution in [3.05, 3.63) is 29.3 Å². The van der Waals surface area contributed by atoms with Gasteiger partial charge in [-0.1, -0.05) is 26.0 Å². The quantitative estimate of drug-likeness (QED) is 0.732. The first-order valence-electron chi connectivity index (χ1n) is 3.91. The maximum absolute atomic E-state index is 9.46. The van der Waals surface area contributed by atoms with E-state index in [1.54, 1.807) is 6.07 Å². The zero-order chi connectivity index (χ0) is 8.43. The standard InChI is InChI=1S/C10H14O.2Ca/c1-7(2)9-5-4-8(3)6-10(9)11;;/h4-7,11H,1-3H3;;. The maximum Gasteiger partial charge on any atom is 0.119 e. The smallest absolute Gasteiger partial charge is 0.119 e. The molecule has 64 valence electrons. The number of benzene rings is 1. The molecule has 0 spiro atoms. The molecule has 0 aromatic heterocycles. The summed E-state index contributed by atoms with van der Waals surface area (Å²) in [4.78, 5) is 0. The summed E-state index contributed by atoms with van der Waals surface area (Å²) in [6.07, 6.45) is 0. The third-order valence-corrected chi connectivity index (χ3v) is 1.81. The zero-order valence-electron chi connectivity index (χ0n) is 8.67. The second-order valence-electron chi connectivity index (χ2n) is 3.22. The van der Waals surface area contributed by atoms with Gasteiger partial charge in [0.15, 0.2) is 0 Å². The molecule has 1 aromatic rings. The van der Waals surface area contributed by atoms with Gasteiger partial charge in [0, 0.05) is 75.5 Å². The van der Waals surface area contributed by atoms with E-state index in [9.17, 15) is 5.11 Å². The van der Waals surface area contributed by atoms with Crippen molar-refractivity contribution < 1.29 is 5.11 Å². The SMILES string of the molecule is Cc1ccc(C(C)C)c(O)c1.[Ca].[Ca]. The van der Waals surface area contributed by atoms with Crippen LogP contribution in [0.1, 0.15) is 30.9 Å². The summed E-state index contributed by atoms with van der Waals surface area (Å²) in [5.74, 6) is 0.815. The number of phenolic OH excluding ortho intramolecular Hbond substituents is 1. The summed E-state index contributed by atoms with van der Waals surface area (Å²) in [5.41, 5.74) is 2.13. The zero-order valence-corrected chi connectivity index (χ0v) is 13.1. The van der Waals surface area contributed by atoms with Crippen molar-refractivity contribution in [2.45, 2.75) is 26.7 Å². The fourth-order valence-electron chi connectivity index (χ4n) is 1.14. The molecule has 0 unspecified atom stereocenters. The van der Waals surface area contributed by atoms with E-state index in [2.05, 4.69) is 13.8 Å². The van der Waals surface area contributed by atoms with Gasteiger partial charge in [-0.2, -0.15) is 0 Å². The van der Waals surface area contributed by atoms with Crippen LogP contribution in [0.5, 0.6) is 5.75 Å². The van der Waals surface area contributed by atoms with Crippen LogP contribution >= 0.6 is 0 Å². The van der Waals surface area contributed by atoms with Gasteiger partial charge in [0.2, 0.25) is 0 Å². The molecule has 1 rings (SSSR count). The van der Waals surface area contributed by atoms with E-state index in [4.69, 9.17) is 0 Å². The molecule has 13 heavy (non-hydrogen) atoms. The van der Waals surface area contributed by atoms with Crippen LogP contribution in [-0.2, 0) is 0 Å². The molecule has 0 bridgehead atoms. The van der Waals surface area contributed by atoms with Crippen LogP contribution in [0, 0.1) is 6.92 Å². The summed E-state index contributed by atoms with van der Waals surface area (Å²) < 4.78 is 0. The summed E-state index contributed by atoms with van der Waals surface area (Å²) in [7, 11) is 0. The Morgan fingerprint density at radius 1 is 1.15 bits per heavy atom. The molecule has 0 aliphatic heterocycles. The first-order chi connectivity index (χ1) is 5.11. The molecule has 1 nitrogen and oxygen atoms in total. The van der Waals surface area contributed by atoms with Crippen molar-refractivity contribution in [3.8, 4) is 5.75 Å². The van der Waals surface area contributed by atoms with Crippen LogP contribution in [0.3, 0.4) is 0 Å². The molecule has 0 amide bonds. The average Bonchev–Trinajstić information content (AvgIpc) is 1.85. The van der Waals surface area contributed by atoms with E-state index in [-0.39, 0.29) is 75.5 Å². The molecule has 0 aliphatic carbocycles. The minimum absolute atomic E-state index is 0. The summed E-state index contributed by atoms with van der Waals surface area (Å²) >= 11 is 0. The molecule has 0 heterocycles. The first-order valence-corrected chi connectivity index (χ1v) is 3.91. The fraction of sp³-hybridized carbons (Fsp3) is 0.400. The van der Waals surface area contributed by atoms with Crippen molar-refractivity contribution >= 4 is 75.5 Å². The van der Waals surface area contributed by atoms with Crippen LogP contribution in [-0.4, -0.2) is 80.6 Å². The van der Waals surface area contributed by atoms with Crippen molar-refractivity contribution in [2.24, 2.45) is 0 Å². The normalized spacial score (nSPS) is 8.92. The van der Waals surface area contributed by atoms with Crippen LogP contribution in [0.15, 0.2) is 18.2 Å². The molecule has 4 radical (unpaired) electrons. The minimum atomic E-state index is 0. The van der Waals surface area contributed by atoms with E-state index in [1.165, 1.54) is 0 Å². The Morgan fingerprint density at radius 3 is 2.08 bits per heavy atom. The average molecular weight is 230 g/mol. The van der Waals surface area contributed by atoms with Gasteiger partial charge >= 0.3 is 0 Å². The van der Waals surface area contributed by atoms with Gasteiger partial charge in [-0.25, -0.2) is 0 Å². The maximum atomic E-state index is 9.46. The molecule has 0 aliphatic rings. The first kappa shape index (κ1) is 17.0. The molecule has 0 atom stereocenters. The van der Waals surface area contributed by atoms with E-state index in [1.807, 2.05) is 19.1 Å². The summed E-state index contributed by atoms with van der Waals surface area (Å²) in [5, 5.41) is 9.46. The topological polar surface area (TPSA) is 20.2 Å². The Balaban J connectivity index is 0. The summed E-state index contributed by atoms with van der Waals surface area (Å²) in [6.45, 7) is 6.12. The largest absolute Gasteiger partial charge is 0.508 e. The molecule has 0 saturated carbocycles. The molecular weight excluding hydrogens is 216 g/mol. The van der Waals surface area contributed by atoms with E-state index >= 15 is 0 Å². The third kappa shape index (κ3) is 5.25. The Hall–Kier alpha value is 1.54. The molecule has 1 aromatic carbocycles. The number of hydrogen-bond acceptors (Lipinski definition) is 1. The Morgan fingerprint density at radius 2 is 1.69 bits per heavy atom. The molecule has 0 saturated heterocycles. The van der Waals surface area contributed by atoms with Gasteiger partial charge in [-0.05, 0) is 30.0 Å². The minimum Gasteiger partial charge on any atom is -0.508 e. The van der Waals surface area contributed by atoms with Crippen molar-refractivity contribution in [2.75, 3.05) is 0 Å². The van der Waals surface area contributed by atoms with Crippen molar-refractivity contribution in [1.29, 1.82) is 0 Å². The van der Waals surface area contributed by atoms with Gasteiger partial charge in [-0.15, -0.1) is 0 Å². The molecular formula is C10H14Ca2O. The number of hydrogen-bond donors (Lipinski definition) is 1. The van der Waals surface area contributed by atoms with Gasteiger partial charge in [0.25, 0.3) is 0 Å². The van der Waals surface area contributed by atoms with Crippen molar-refractivity contribution in [3.63, 3.8) is 0 Å². The van der Waals surface area contributed by atoms with Crippen molar-refractivity contribution in [1.82, 2.24) is 0 Å². The molecule has 3 heteroatoms. The Kier molecular flexibility index (Phi) is 10.1. The van der Waals surface area contributed by atoms with Gasteiger partial charge in [0.05, 0.1) is 0 Å². The van der Waals surface area contributed by atoms with Gasteiger partial charge < -0.3 is 5.11 Å². The number of aromatic hydroxyl groups is 1. The Labute approximate surface area is 140 Å². The predicted molar refractivity (Wildman–Crippen MR) is 58.4 cm³/mol. The monoisotopic (exact) mass is 230 g/mol. The second kappa shape index (κ2) is 7.78. The third-order valence-electron chi connectivity index (χ3n) is 1.81. The summed E-state index contributed by atoms with van der Waals surface area (Å²) in [6, 6.07) is 5.81. The van der Waals surface area contributed by atoms with Crippen LogP contribution in [0.25, 0.3) is 0 Å². The van der Waals surface area contributed by atoms with E-state index < -0.39 is 0 Å². The fourth-order valence-corrected chi connectivity index (χ4v) is 1.14. The van der Waals surface area contributed by atoms with Crippen LogP contribution < -0.4 is 0 Å². The van der Waals surface area contributed by atoms with Gasteiger partial charge in [0.1, 0.15) is 5.75 Å².